The lowest BCUT2D eigenvalue weighted by Crippen LogP contribution is -2.03. The molecule has 0 unspecified atom stereocenters. The zero-order valence-corrected chi connectivity index (χ0v) is 7.13. The molecule has 0 atom stereocenters. The molecule has 58 valence electrons. The Bertz CT molecular complexity index is 223. The average Bonchev–Trinajstić information content (AvgIpc) is 2.01. The van der Waals surface area contributed by atoms with Crippen molar-refractivity contribution >= 4 is 13.3 Å². The summed E-state index contributed by atoms with van der Waals surface area (Å²) in [6, 6.07) is 8.39. The minimum atomic E-state index is 0.734. The van der Waals surface area contributed by atoms with E-state index in [1.54, 1.807) is 0 Å². The minimum Gasteiger partial charge on any atom is -0.377 e. The summed E-state index contributed by atoms with van der Waals surface area (Å²) in [5.41, 5.74) is 2.55. The molecule has 0 aliphatic carbocycles. The van der Waals surface area contributed by atoms with Crippen LogP contribution >= 0.6 is 0 Å². The lowest BCUT2D eigenvalue weighted by Gasteiger charge is -2.01. The monoisotopic (exact) mass is 148 g/mol. The predicted molar refractivity (Wildman–Crippen MR) is 50.0 cm³/mol. The van der Waals surface area contributed by atoms with Crippen molar-refractivity contribution in [2.24, 2.45) is 0 Å². The molecular formula is C9H13BO. The molecular weight excluding hydrogens is 135 g/mol. The number of hydrogen-bond donors (Lipinski definition) is 0. The molecule has 1 nitrogen and oxygen atoms in total. The smallest absolute Gasteiger partial charge is 0.139 e. The zero-order valence-electron chi connectivity index (χ0n) is 7.13. The Kier molecular flexibility index (Phi) is 3.18. The van der Waals surface area contributed by atoms with Gasteiger partial charge in [0, 0.05) is 6.61 Å². The summed E-state index contributed by atoms with van der Waals surface area (Å²) in [6.45, 7) is 3.53. The molecule has 0 aliphatic rings. The van der Waals surface area contributed by atoms with Gasteiger partial charge < -0.3 is 4.74 Å². The van der Waals surface area contributed by atoms with E-state index >= 15 is 0 Å². The standard InChI is InChI=1S/C9H13BO/c1-2-11-7-8-4-3-5-9(10)6-8/h3-6H,2,7,10H2,1H3. The highest BCUT2D eigenvalue weighted by Gasteiger charge is 1.90. The van der Waals surface area contributed by atoms with Crippen LogP contribution in [0.1, 0.15) is 12.5 Å². The Morgan fingerprint density at radius 1 is 1.45 bits per heavy atom. The van der Waals surface area contributed by atoms with Crippen LogP contribution in [-0.2, 0) is 11.3 Å². The predicted octanol–water partition coefficient (Wildman–Crippen LogP) is 0.482. The molecule has 0 N–H and O–H groups in total. The fraction of sp³-hybridized carbons (Fsp3) is 0.333. The second-order valence-electron chi connectivity index (χ2n) is 2.63. The van der Waals surface area contributed by atoms with Gasteiger partial charge in [0.15, 0.2) is 0 Å². The lowest BCUT2D eigenvalue weighted by molar-refractivity contribution is 0.134. The van der Waals surface area contributed by atoms with Gasteiger partial charge in [-0.25, -0.2) is 0 Å². The van der Waals surface area contributed by atoms with Crippen LogP contribution in [0.5, 0.6) is 0 Å². The van der Waals surface area contributed by atoms with Crippen molar-refractivity contribution in [3.8, 4) is 0 Å². The van der Waals surface area contributed by atoms with E-state index in [4.69, 9.17) is 4.74 Å². The number of hydrogen-bond acceptors (Lipinski definition) is 1. The van der Waals surface area contributed by atoms with Crippen LogP contribution < -0.4 is 5.46 Å². The third kappa shape index (κ3) is 2.77. The number of ether oxygens (including phenoxy) is 1. The molecule has 2 heteroatoms. The molecule has 11 heavy (non-hydrogen) atoms. The number of benzene rings is 1. The largest absolute Gasteiger partial charge is 0.377 e. The second kappa shape index (κ2) is 4.19. The van der Waals surface area contributed by atoms with Crippen molar-refractivity contribution in [3.63, 3.8) is 0 Å². The Morgan fingerprint density at radius 3 is 2.91 bits per heavy atom. The van der Waals surface area contributed by atoms with E-state index in [2.05, 4.69) is 32.1 Å². The summed E-state index contributed by atoms with van der Waals surface area (Å²) in [4.78, 5) is 0. The van der Waals surface area contributed by atoms with E-state index in [0.717, 1.165) is 13.2 Å². The van der Waals surface area contributed by atoms with Gasteiger partial charge in [-0.3, -0.25) is 0 Å². The molecule has 0 aromatic heterocycles. The molecule has 0 bridgehead atoms. The van der Waals surface area contributed by atoms with Gasteiger partial charge in [0.2, 0.25) is 0 Å². The first kappa shape index (κ1) is 8.34. The second-order valence-corrected chi connectivity index (χ2v) is 2.63. The van der Waals surface area contributed by atoms with E-state index in [0.29, 0.717) is 0 Å². The van der Waals surface area contributed by atoms with Crippen molar-refractivity contribution < 1.29 is 4.74 Å². The van der Waals surface area contributed by atoms with E-state index in [1.165, 1.54) is 11.0 Å². The van der Waals surface area contributed by atoms with Crippen molar-refractivity contribution in [3.05, 3.63) is 29.8 Å². The van der Waals surface area contributed by atoms with Crippen LogP contribution in [0.3, 0.4) is 0 Å². The van der Waals surface area contributed by atoms with Crippen LogP contribution in [0.15, 0.2) is 24.3 Å². The van der Waals surface area contributed by atoms with E-state index in [1.807, 2.05) is 6.92 Å². The fourth-order valence-corrected chi connectivity index (χ4v) is 1.02. The summed E-state index contributed by atoms with van der Waals surface area (Å²) >= 11 is 0. The molecule has 0 aliphatic heterocycles. The summed E-state index contributed by atoms with van der Waals surface area (Å²) < 4.78 is 5.27. The van der Waals surface area contributed by atoms with Gasteiger partial charge in [0.25, 0.3) is 0 Å². The first-order chi connectivity index (χ1) is 5.33. The van der Waals surface area contributed by atoms with E-state index in [-0.39, 0.29) is 0 Å². The molecule has 1 rings (SSSR count). The van der Waals surface area contributed by atoms with Gasteiger partial charge in [-0.05, 0) is 12.5 Å². The maximum atomic E-state index is 5.27. The lowest BCUT2D eigenvalue weighted by atomic mass is 9.95. The van der Waals surface area contributed by atoms with Gasteiger partial charge in [-0.15, -0.1) is 0 Å². The Labute approximate surface area is 68.8 Å². The highest BCUT2D eigenvalue weighted by atomic mass is 16.5. The first-order valence-corrected chi connectivity index (χ1v) is 3.96. The van der Waals surface area contributed by atoms with Crippen molar-refractivity contribution in [1.82, 2.24) is 0 Å². The van der Waals surface area contributed by atoms with E-state index < -0.39 is 0 Å². The molecule has 0 amide bonds. The molecule has 1 aromatic carbocycles. The molecule has 0 saturated heterocycles. The quantitative estimate of drug-likeness (QED) is 0.566. The van der Waals surface area contributed by atoms with Gasteiger partial charge in [0.05, 0.1) is 6.61 Å². The van der Waals surface area contributed by atoms with Crippen LogP contribution in [0.4, 0.5) is 0 Å². The molecule has 1 aromatic rings. The van der Waals surface area contributed by atoms with Gasteiger partial charge in [-0.1, -0.05) is 29.7 Å². The van der Waals surface area contributed by atoms with Crippen LogP contribution in [0.2, 0.25) is 0 Å². The summed E-state index contributed by atoms with van der Waals surface area (Å²) in [5.74, 6) is 0. The van der Waals surface area contributed by atoms with E-state index in [9.17, 15) is 0 Å². The maximum absolute atomic E-state index is 5.27. The van der Waals surface area contributed by atoms with Crippen LogP contribution in [0.25, 0.3) is 0 Å². The SMILES string of the molecule is Bc1cccc(COCC)c1. The summed E-state index contributed by atoms with van der Waals surface area (Å²) in [7, 11) is 2.09. The fourth-order valence-electron chi connectivity index (χ4n) is 1.02. The Balaban J connectivity index is 2.56. The number of rotatable bonds is 3. The van der Waals surface area contributed by atoms with Crippen LogP contribution in [-0.4, -0.2) is 14.5 Å². The third-order valence-electron chi connectivity index (χ3n) is 1.56. The molecule has 0 radical (unpaired) electrons. The Hall–Kier alpha value is -0.755. The average molecular weight is 148 g/mol. The van der Waals surface area contributed by atoms with Crippen molar-refractivity contribution in [1.29, 1.82) is 0 Å². The summed E-state index contributed by atoms with van der Waals surface area (Å²) in [5, 5.41) is 0. The van der Waals surface area contributed by atoms with Crippen molar-refractivity contribution in [2.75, 3.05) is 6.61 Å². The maximum Gasteiger partial charge on any atom is 0.139 e. The topological polar surface area (TPSA) is 9.23 Å². The third-order valence-corrected chi connectivity index (χ3v) is 1.56. The first-order valence-electron chi connectivity index (χ1n) is 3.96. The highest BCUT2D eigenvalue weighted by molar-refractivity contribution is 6.32. The Morgan fingerprint density at radius 2 is 2.27 bits per heavy atom. The summed E-state index contributed by atoms with van der Waals surface area (Å²) in [6.07, 6.45) is 0. The normalized spacial score (nSPS) is 9.91. The zero-order chi connectivity index (χ0) is 8.10. The molecule has 0 fully saturated rings. The van der Waals surface area contributed by atoms with Crippen molar-refractivity contribution in [2.45, 2.75) is 13.5 Å². The van der Waals surface area contributed by atoms with Gasteiger partial charge >= 0.3 is 0 Å². The highest BCUT2D eigenvalue weighted by Crippen LogP contribution is 1.97. The van der Waals surface area contributed by atoms with Gasteiger partial charge in [0.1, 0.15) is 7.85 Å². The minimum absolute atomic E-state index is 0.734. The van der Waals surface area contributed by atoms with Crippen LogP contribution in [0, 0.1) is 0 Å². The molecule has 0 saturated carbocycles. The van der Waals surface area contributed by atoms with Gasteiger partial charge in [-0.2, -0.15) is 0 Å². The molecule has 0 spiro atoms. The molecule has 0 heterocycles.